The predicted octanol–water partition coefficient (Wildman–Crippen LogP) is 4.51. The van der Waals surface area contributed by atoms with Crippen molar-refractivity contribution >= 4 is 21.4 Å². The molecule has 1 atom stereocenters. The van der Waals surface area contributed by atoms with Gasteiger partial charge in [-0.25, -0.2) is 4.39 Å². The summed E-state index contributed by atoms with van der Waals surface area (Å²) in [7, 11) is 0. The highest BCUT2D eigenvalue weighted by Gasteiger charge is 2.15. The van der Waals surface area contributed by atoms with Gasteiger partial charge < -0.3 is 10.1 Å². The number of ether oxygens (including phenoxy) is 1. The van der Waals surface area contributed by atoms with E-state index < -0.39 is 0 Å². The first-order valence-corrected chi connectivity index (χ1v) is 7.95. The van der Waals surface area contributed by atoms with Gasteiger partial charge in [-0.3, -0.25) is 0 Å². The molecule has 0 aliphatic carbocycles. The Morgan fingerprint density at radius 2 is 2.10 bits per heavy atom. The highest BCUT2D eigenvalue weighted by Crippen LogP contribution is 2.30. The van der Waals surface area contributed by atoms with Crippen LogP contribution < -0.4 is 5.32 Å². The predicted molar refractivity (Wildman–Crippen MR) is 83.9 cm³/mol. The second-order valence-corrected chi connectivity index (χ2v) is 6.34. The van der Waals surface area contributed by atoms with Gasteiger partial charge in [0.15, 0.2) is 0 Å². The lowest BCUT2D eigenvalue weighted by molar-refractivity contribution is 0.0618. The largest absolute Gasteiger partial charge is 0.377 e. The van der Waals surface area contributed by atoms with Gasteiger partial charge in [0.1, 0.15) is 5.82 Å². The fourth-order valence-electron chi connectivity index (χ4n) is 2.05. The minimum absolute atomic E-state index is 0.178. The summed E-state index contributed by atoms with van der Waals surface area (Å²) >= 11 is 1.64. The van der Waals surface area contributed by atoms with Crippen molar-refractivity contribution in [1.29, 1.82) is 0 Å². The zero-order valence-electron chi connectivity index (χ0n) is 12.3. The van der Waals surface area contributed by atoms with E-state index in [1.165, 1.54) is 10.9 Å². The van der Waals surface area contributed by atoms with Crippen LogP contribution in [0.3, 0.4) is 0 Å². The summed E-state index contributed by atoms with van der Waals surface area (Å²) in [6.45, 7) is 7.82. The first kappa shape index (κ1) is 15.4. The maximum Gasteiger partial charge on any atom is 0.124 e. The molecule has 0 aliphatic heterocycles. The molecule has 1 aromatic heterocycles. The minimum Gasteiger partial charge on any atom is -0.377 e. The van der Waals surface area contributed by atoms with E-state index >= 15 is 0 Å². The van der Waals surface area contributed by atoms with Gasteiger partial charge in [-0.15, -0.1) is 11.3 Å². The van der Waals surface area contributed by atoms with Crippen LogP contribution in [0.25, 0.3) is 10.1 Å². The summed E-state index contributed by atoms with van der Waals surface area (Å²) < 4.78 is 20.0. The van der Waals surface area contributed by atoms with E-state index in [9.17, 15) is 4.39 Å². The third-order valence-corrected chi connectivity index (χ3v) is 4.29. The Bertz CT molecular complexity index is 552. The van der Waals surface area contributed by atoms with E-state index in [-0.39, 0.29) is 18.0 Å². The monoisotopic (exact) mass is 295 g/mol. The van der Waals surface area contributed by atoms with Crippen LogP contribution in [0.2, 0.25) is 0 Å². The molecule has 1 heterocycles. The molecular formula is C16H22FNOS. The Kier molecular flexibility index (Phi) is 5.52. The number of rotatable bonds is 7. The summed E-state index contributed by atoms with van der Waals surface area (Å²) in [5, 5.41) is 4.60. The maximum absolute atomic E-state index is 13.3. The summed E-state index contributed by atoms with van der Waals surface area (Å²) in [5.74, 6) is -0.178. The lowest BCUT2D eigenvalue weighted by atomic mass is 10.2. The summed E-state index contributed by atoms with van der Waals surface area (Å²) in [6.07, 6.45) is 1.30. The Hall–Kier alpha value is -0.970. The van der Waals surface area contributed by atoms with Crippen molar-refractivity contribution in [3.8, 4) is 0 Å². The van der Waals surface area contributed by atoms with Crippen molar-refractivity contribution in [3.05, 3.63) is 35.0 Å². The maximum atomic E-state index is 13.3. The zero-order chi connectivity index (χ0) is 14.5. The van der Waals surface area contributed by atoms with Crippen LogP contribution in [-0.2, 0) is 4.74 Å². The molecule has 0 saturated carbocycles. The third kappa shape index (κ3) is 4.01. The lowest BCUT2D eigenvalue weighted by Gasteiger charge is -2.18. The van der Waals surface area contributed by atoms with Crippen LogP contribution in [0.4, 0.5) is 4.39 Å². The van der Waals surface area contributed by atoms with Crippen molar-refractivity contribution < 1.29 is 9.13 Å². The zero-order valence-corrected chi connectivity index (χ0v) is 13.1. The number of fused-ring (bicyclic) bond motifs is 1. The highest BCUT2D eigenvalue weighted by molar-refractivity contribution is 7.19. The molecular weight excluding hydrogens is 273 g/mol. The molecule has 0 saturated heterocycles. The second-order valence-electron chi connectivity index (χ2n) is 5.22. The van der Waals surface area contributed by atoms with Gasteiger partial charge in [0.05, 0.1) is 18.8 Å². The van der Waals surface area contributed by atoms with Gasteiger partial charge in [-0.1, -0.05) is 13.0 Å². The summed E-state index contributed by atoms with van der Waals surface area (Å²) in [5.41, 5.74) is 0. The average Bonchev–Trinajstić information content (AvgIpc) is 2.81. The lowest BCUT2D eigenvalue weighted by Crippen LogP contribution is -2.26. The third-order valence-electron chi connectivity index (χ3n) is 3.08. The molecule has 0 aliphatic rings. The van der Waals surface area contributed by atoms with Crippen LogP contribution in [0.15, 0.2) is 24.3 Å². The van der Waals surface area contributed by atoms with Gasteiger partial charge >= 0.3 is 0 Å². The van der Waals surface area contributed by atoms with Gasteiger partial charge in [-0.05, 0) is 50.4 Å². The molecule has 1 N–H and O–H groups in total. The molecule has 0 spiro atoms. The van der Waals surface area contributed by atoms with E-state index in [0.29, 0.717) is 6.61 Å². The molecule has 1 aromatic carbocycles. The van der Waals surface area contributed by atoms with Crippen LogP contribution in [0.1, 0.15) is 38.1 Å². The molecule has 0 fully saturated rings. The number of benzene rings is 1. The molecule has 0 bridgehead atoms. The normalized spacial score (nSPS) is 13.2. The highest BCUT2D eigenvalue weighted by atomic mass is 32.1. The van der Waals surface area contributed by atoms with E-state index in [4.69, 9.17) is 4.74 Å². The number of thiophene rings is 1. The smallest absolute Gasteiger partial charge is 0.124 e. The van der Waals surface area contributed by atoms with Crippen molar-refractivity contribution in [2.24, 2.45) is 0 Å². The van der Waals surface area contributed by atoms with Crippen LogP contribution in [-0.4, -0.2) is 19.3 Å². The molecule has 2 nitrogen and oxygen atoms in total. The fraction of sp³-hybridized carbons (Fsp3) is 0.500. The average molecular weight is 295 g/mol. The van der Waals surface area contributed by atoms with Crippen molar-refractivity contribution in [1.82, 2.24) is 5.32 Å². The molecule has 1 unspecified atom stereocenters. The van der Waals surface area contributed by atoms with Crippen molar-refractivity contribution in [2.45, 2.75) is 39.3 Å². The summed E-state index contributed by atoms with van der Waals surface area (Å²) in [4.78, 5) is 1.21. The number of hydrogen-bond donors (Lipinski definition) is 1. The summed E-state index contributed by atoms with van der Waals surface area (Å²) in [6, 6.07) is 7.26. The topological polar surface area (TPSA) is 21.3 Å². The van der Waals surface area contributed by atoms with Crippen LogP contribution in [0.5, 0.6) is 0 Å². The van der Waals surface area contributed by atoms with Crippen molar-refractivity contribution in [2.75, 3.05) is 13.2 Å². The quantitative estimate of drug-likeness (QED) is 0.811. The molecule has 0 amide bonds. The Morgan fingerprint density at radius 3 is 2.80 bits per heavy atom. The standard InChI is InChI=1S/C16H22FNOS/c1-4-7-18-14(10-19-11(2)3)16-8-12-5-6-13(17)9-15(12)20-16/h5-6,8-9,11,14,18H,4,7,10H2,1-3H3. The minimum atomic E-state index is -0.178. The van der Waals surface area contributed by atoms with Crippen LogP contribution in [0, 0.1) is 5.82 Å². The van der Waals surface area contributed by atoms with E-state index in [2.05, 4.69) is 18.3 Å². The number of hydrogen-bond acceptors (Lipinski definition) is 3. The first-order valence-electron chi connectivity index (χ1n) is 7.14. The van der Waals surface area contributed by atoms with Crippen molar-refractivity contribution in [3.63, 3.8) is 0 Å². The van der Waals surface area contributed by atoms with Gasteiger partial charge in [0.25, 0.3) is 0 Å². The van der Waals surface area contributed by atoms with Gasteiger partial charge in [0, 0.05) is 9.58 Å². The van der Waals surface area contributed by atoms with Gasteiger partial charge in [0.2, 0.25) is 0 Å². The first-order chi connectivity index (χ1) is 9.60. The van der Waals surface area contributed by atoms with E-state index in [0.717, 1.165) is 23.1 Å². The molecule has 110 valence electrons. The number of nitrogens with one attached hydrogen (secondary N) is 1. The molecule has 2 aromatic rings. The fourth-order valence-corrected chi connectivity index (χ4v) is 3.20. The molecule has 0 radical (unpaired) electrons. The van der Waals surface area contributed by atoms with Crippen LogP contribution >= 0.6 is 11.3 Å². The Labute approximate surface area is 124 Å². The molecule has 4 heteroatoms. The van der Waals surface area contributed by atoms with Gasteiger partial charge in [-0.2, -0.15) is 0 Å². The SMILES string of the molecule is CCCNC(COC(C)C)c1cc2ccc(F)cc2s1. The second kappa shape index (κ2) is 7.16. The molecule has 20 heavy (non-hydrogen) atoms. The van der Waals surface area contributed by atoms with E-state index in [1.807, 2.05) is 19.9 Å². The number of halogens is 1. The molecule has 2 rings (SSSR count). The Balaban J connectivity index is 2.20. The Morgan fingerprint density at radius 1 is 1.30 bits per heavy atom. The van der Waals surface area contributed by atoms with E-state index in [1.54, 1.807) is 17.4 Å².